The first-order valence-electron chi connectivity index (χ1n) is 10.5. The second kappa shape index (κ2) is 13.9. The van der Waals surface area contributed by atoms with Gasteiger partial charge in [0.25, 0.3) is 0 Å². The number of benzene rings is 1. The minimum atomic E-state index is -2.15. The van der Waals surface area contributed by atoms with Crippen LogP contribution in [0.1, 0.15) is 71.8 Å². The van der Waals surface area contributed by atoms with Gasteiger partial charge in [-0.1, -0.05) is 0 Å². The topological polar surface area (TPSA) is 9.23 Å². The average molecular weight is 451 g/mol. The number of hydrogen-bond acceptors (Lipinski definition) is 1. The van der Waals surface area contributed by atoms with Gasteiger partial charge in [0.2, 0.25) is 0 Å². The van der Waals surface area contributed by atoms with E-state index in [9.17, 15) is 0 Å². The van der Waals surface area contributed by atoms with Crippen LogP contribution in [0, 0.1) is 0 Å². The zero-order valence-corrected chi connectivity index (χ0v) is 20.0. The van der Waals surface area contributed by atoms with Crippen LogP contribution in [0.15, 0.2) is 40.5 Å². The van der Waals surface area contributed by atoms with Gasteiger partial charge in [0.05, 0.1) is 0 Å². The van der Waals surface area contributed by atoms with Gasteiger partial charge in [-0.25, -0.2) is 0 Å². The molecular weight excluding hydrogens is 411 g/mol. The van der Waals surface area contributed by atoms with Crippen molar-refractivity contribution in [2.24, 2.45) is 0 Å². The first-order valence-corrected chi connectivity index (χ1v) is 18.2. The molecule has 0 aliphatic heterocycles. The van der Waals surface area contributed by atoms with Crippen molar-refractivity contribution in [2.75, 3.05) is 0 Å². The van der Waals surface area contributed by atoms with E-state index >= 15 is 0 Å². The van der Waals surface area contributed by atoms with Crippen LogP contribution < -0.4 is 0 Å². The van der Waals surface area contributed by atoms with Crippen LogP contribution in [0.2, 0.25) is 13.3 Å². The molecule has 0 heterocycles. The van der Waals surface area contributed by atoms with Crippen LogP contribution in [0.4, 0.5) is 0 Å². The molecule has 0 radical (unpaired) electrons. The summed E-state index contributed by atoms with van der Waals surface area (Å²) in [6, 6.07) is 10.5. The third-order valence-corrected chi connectivity index (χ3v) is 19.3. The fourth-order valence-electron chi connectivity index (χ4n) is 3.41. The van der Waals surface area contributed by atoms with E-state index in [0.717, 1.165) is 0 Å². The van der Waals surface area contributed by atoms with E-state index < -0.39 is 18.4 Å². The van der Waals surface area contributed by atoms with E-state index in [1.54, 1.807) is 0 Å². The molecule has 0 amide bonds. The SMILES string of the molecule is CCC[CH2][Sn](/[CH]=C/C(C)OCc1ccccc1)([CH2]CCC)[CH2]CCC. The van der Waals surface area contributed by atoms with Crippen molar-refractivity contribution in [3.05, 3.63) is 46.1 Å². The maximum absolute atomic E-state index is 6.08. The maximum atomic E-state index is 6.08. The fraction of sp³-hybridized carbons (Fsp3) is 0.652. The number of rotatable bonds is 14. The molecule has 0 aliphatic carbocycles. The van der Waals surface area contributed by atoms with Crippen LogP contribution in [0.5, 0.6) is 0 Å². The van der Waals surface area contributed by atoms with Gasteiger partial charge in [-0.15, -0.1) is 0 Å². The molecule has 1 aromatic rings. The molecule has 1 unspecified atom stereocenters. The van der Waals surface area contributed by atoms with Crippen molar-refractivity contribution in [3.63, 3.8) is 0 Å². The molecular formula is C23H40OSn. The first kappa shape index (κ1) is 22.8. The van der Waals surface area contributed by atoms with Crippen molar-refractivity contribution in [2.45, 2.75) is 92.2 Å². The van der Waals surface area contributed by atoms with Crippen molar-refractivity contribution >= 4 is 18.4 Å². The van der Waals surface area contributed by atoms with Crippen LogP contribution in [0.3, 0.4) is 0 Å². The fourth-order valence-corrected chi connectivity index (χ4v) is 18.0. The van der Waals surface area contributed by atoms with Gasteiger partial charge in [0.1, 0.15) is 0 Å². The molecule has 0 saturated heterocycles. The van der Waals surface area contributed by atoms with Crippen LogP contribution >= 0.6 is 0 Å². The van der Waals surface area contributed by atoms with E-state index in [1.807, 2.05) is 0 Å². The molecule has 142 valence electrons. The van der Waals surface area contributed by atoms with Crippen molar-refractivity contribution in [1.29, 1.82) is 0 Å². The van der Waals surface area contributed by atoms with Gasteiger partial charge >= 0.3 is 161 Å². The summed E-state index contributed by atoms with van der Waals surface area (Å²) < 4.78 is 13.4. The van der Waals surface area contributed by atoms with Crippen molar-refractivity contribution < 1.29 is 4.74 Å². The predicted octanol–water partition coefficient (Wildman–Crippen LogP) is 7.54. The van der Waals surface area contributed by atoms with Gasteiger partial charge in [0, 0.05) is 0 Å². The third kappa shape index (κ3) is 9.84. The van der Waals surface area contributed by atoms with E-state index in [0.29, 0.717) is 6.61 Å². The van der Waals surface area contributed by atoms with Gasteiger partial charge in [0.15, 0.2) is 0 Å². The summed E-state index contributed by atoms with van der Waals surface area (Å²) in [5.74, 6) is 0. The van der Waals surface area contributed by atoms with Crippen LogP contribution in [-0.2, 0) is 11.3 Å². The molecule has 0 N–H and O–H groups in total. The minimum absolute atomic E-state index is 0.223. The second-order valence-corrected chi connectivity index (χ2v) is 20.5. The molecule has 1 aromatic carbocycles. The molecule has 1 nitrogen and oxygen atoms in total. The second-order valence-electron chi connectivity index (χ2n) is 7.53. The Hall–Kier alpha value is -0.281. The Balaban J connectivity index is 2.68. The molecule has 25 heavy (non-hydrogen) atoms. The predicted molar refractivity (Wildman–Crippen MR) is 115 cm³/mol. The molecule has 0 saturated carbocycles. The van der Waals surface area contributed by atoms with Crippen molar-refractivity contribution in [1.82, 2.24) is 0 Å². The van der Waals surface area contributed by atoms with Crippen LogP contribution in [-0.4, -0.2) is 24.5 Å². The summed E-state index contributed by atoms with van der Waals surface area (Å²) in [4.78, 5) is 0. The Morgan fingerprint density at radius 3 is 1.88 bits per heavy atom. The molecule has 0 spiro atoms. The number of unbranched alkanes of at least 4 members (excludes halogenated alkanes) is 3. The standard InChI is InChI=1S/C11H13O.3C4H9.Sn/c1-3-10(2)12-9-11-7-5-4-6-8-11;3*1-3-4-2;/h1,3-8,10H,9H2,2H3;3*1,3-4H2,2H3;. The summed E-state index contributed by atoms with van der Waals surface area (Å²) in [5, 5.41) is 0. The Labute approximate surface area is 161 Å². The van der Waals surface area contributed by atoms with E-state index in [-0.39, 0.29) is 6.10 Å². The molecule has 1 rings (SSSR count). The molecule has 2 heteroatoms. The first-order chi connectivity index (χ1) is 12.2. The summed E-state index contributed by atoms with van der Waals surface area (Å²) >= 11 is -2.15. The number of ether oxygens (including phenoxy) is 1. The monoisotopic (exact) mass is 452 g/mol. The molecule has 0 fully saturated rings. The van der Waals surface area contributed by atoms with Crippen molar-refractivity contribution in [3.8, 4) is 0 Å². The normalized spacial score (nSPS) is 13.4. The van der Waals surface area contributed by atoms with E-state index in [1.165, 1.54) is 57.4 Å². The Bertz CT molecular complexity index is 433. The van der Waals surface area contributed by atoms with E-state index in [2.05, 4.69) is 68.2 Å². The Kier molecular flexibility index (Phi) is 12.6. The summed E-state index contributed by atoms with van der Waals surface area (Å²) in [5.41, 5.74) is 1.26. The average Bonchev–Trinajstić information content (AvgIpc) is 2.66. The third-order valence-electron chi connectivity index (χ3n) is 5.16. The Morgan fingerprint density at radius 2 is 1.40 bits per heavy atom. The summed E-state index contributed by atoms with van der Waals surface area (Å²) in [6.45, 7) is 9.94. The molecule has 0 bridgehead atoms. The molecule has 0 aromatic heterocycles. The van der Waals surface area contributed by atoms with Gasteiger partial charge in [-0.2, -0.15) is 0 Å². The van der Waals surface area contributed by atoms with Crippen LogP contribution in [0.25, 0.3) is 0 Å². The molecule has 1 atom stereocenters. The quantitative estimate of drug-likeness (QED) is 0.266. The zero-order valence-electron chi connectivity index (χ0n) is 17.1. The van der Waals surface area contributed by atoms with Gasteiger partial charge < -0.3 is 0 Å². The summed E-state index contributed by atoms with van der Waals surface area (Å²) in [7, 11) is 0. The van der Waals surface area contributed by atoms with Gasteiger partial charge in [-0.05, 0) is 0 Å². The molecule has 0 aliphatic rings. The number of hydrogen-bond donors (Lipinski definition) is 0. The Morgan fingerprint density at radius 1 is 0.880 bits per heavy atom. The summed E-state index contributed by atoms with van der Waals surface area (Å²) in [6.07, 6.45) is 10.9. The zero-order chi connectivity index (χ0) is 18.4. The van der Waals surface area contributed by atoms with E-state index in [4.69, 9.17) is 4.74 Å². The van der Waals surface area contributed by atoms with Gasteiger partial charge in [-0.3, -0.25) is 0 Å².